The lowest BCUT2D eigenvalue weighted by Gasteiger charge is -2.44. The molecule has 9 nitrogen and oxygen atoms in total. The Morgan fingerprint density at radius 3 is 2.47 bits per heavy atom. The summed E-state index contributed by atoms with van der Waals surface area (Å²) in [6.45, 7) is 5.09. The molecule has 1 N–H and O–H groups in total. The Bertz CT molecular complexity index is 1010. The van der Waals surface area contributed by atoms with Crippen molar-refractivity contribution in [2.24, 2.45) is 0 Å². The van der Waals surface area contributed by atoms with Crippen molar-refractivity contribution < 1.29 is 28.7 Å². The number of benzene rings is 2. The van der Waals surface area contributed by atoms with Gasteiger partial charge in [0.05, 0.1) is 4.92 Å². The van der Waals surface area contributed by atoms with Crippen molar-refractivity contribution in [3.05, 3.63) is 69.5 Å². The van der Waals surface area contributed by atoms with Crippen molar-refractivity contribution in [1.29, 1.82) is 0 Å². The average molecular weight is 445 g/mol. The number of ether oxygens (including phenoxy) is 1. The summed E-state index contributed by atoms with van der Waals surface area (Å²) in [5.74, 6) is -2.35. The molecule has 0 bridgehead atoms. The number of para-hydroxylation sites is 1. The predicted octanol–water partition coefficient (Wildman–Crippen LogP) is 2.93. The van der Waals surface area contributed by atoms with Crippen LogP contribution in [0.2, 0.25) is 0 Å². The Kier molecular flexibility index (Phi) is 7.04. The molecule has 2 unspecified atom stereocenters. The Balaban J connectivity index is 1.64. The van der Waals surface area contributed by atoms with E-state index < -0.39 is 28.8 Å². The lowest BCUT2D eigenvalue weighted by molar-refractivity contribution is -0.386. The number of carboxylic acids is 1. The normalized spacial score (nSPS) is 18.9. The standard InChI is InChI=1S/C22H24FN3O6/c1-14-11-25(15(2)10-24(14)12-16-6-8-17(23)9-7-16)20(27)13-32-19-5-3-4-18(22(28)29)21(19)26(30)31/h3-9,14-15H,10-13H2,1-2H3,(H,28,29). The largest absolute Gasteiger partial charge is 0.477 e. The van der Waals surface area contributed by atoms with E-state index >= 15 is 0 Å². The van der Waals surface area contributed by atoms with Crippen molar-refractivity contribution in [2.75, 3.05) is 19.7 Å². The zero-order valence-electron chi connectivity index (χ0n) is 17.7. The summed E-state index contributed by atoms with van der Waals surface area (Å²) < 4.78 is 18.5. The van der Waals surface area contributed by atoms with Crippen LogP contribution < -0.4 is 4.74 Å². The second-order valence-corrected chi connectivity index (χ2v) is 7.80. The molecule has 1 aliphatic heterocycles. The van der Waals surface area contributed by atoms with Gasteiger partial charge in [0.25, 0.3) is 5.91 Å². The molecule has 0 spiro atoms. The van der Waals surface area contributed by atoms with Crippen molar-refractivity contribution in [2.45, 2.75) is 32.5 Å². The van der Waals surface area contributed by atoms with Gasteiger partial charge in [-0.3, -0.25) is 19.8 Å². The van der Waals surface area contributed by atoms with Crippen molar-refractivity contribution in [3.63, 3.8) is 0 Å². The number of nitro groups is 1. The van der Waals surface area contributed by atoms with E-state index in [0.717, 1.165) is 11.6 Å². The second kappa shape index (κ2) is 9.73. The highest BCUT2D eigenvalue weighted by atomic mass is 19.1. The molecule has 1 saturated heterocycles. The number of hydrogen-bond acceptors (Lipinski definition) is 6. The molecule has 0 saturated carbocycles. The van der Waals surface area contributed by atoms with Crippen LogP contribution in [0, 0.1) is 15.9 Å². The predicted molar refractivity (Wildman–Crippen MR) is 113 cm³/mol. The van der Waals surface area contributed by atoms with E-state index in [2.05, 4.69) is 4.90 Å². The molecule has 170 valence electrons. The summed E-state index contributed by atoms with van der Waals surface area (Å²) >= 11 is 0. The minimum absolute atomic E-state index is 0.0323. The van der Waals surface area contributed by atoms with Crippen LogP contribution in [0.4, 0.5) is 10.1 Å². The van der Waals surface area contributed by atoms with Gasteiger partial charge in [0.2, 0.25) is 0 Å². The number of aromatic carboxylic acids is 1. The molecule has 1 heterocycles. The summed E-state index contributed by atoms with van der Waals surface area (Å²) in [5.41, 5.74) is -0.214. The molecule has 32 heavy (non-hydrogen) atoms. The maximum absolute atomic E-state index is 13.1. The number of halogens is 1. The molecule has 0 aliphatic carbocycles. The maximum atomic E-state index is 13.1. The van der Waals surface area contributed by atoms with E-state index in [1.165, 1.54) is 24.3 Å². The number of amides is 1. The smallest absolute Gasteiger partial charge is 0.342 e. The average Bonchev–Trinajstić information content (AvgIpc) is 2.75. The summed E-state index contributed by atoms with van der Waals surface area (Å²) in [6, 6.07) is 9.90. The van der Waals surface area contributed by atoms with E-state index in [0.29, 0.717) is 19.6 Å². The van der Waals surface area contributed by atoms with Gasteiger partial charge in [-0.15, -0.1) is 0 Å². The Hall–Kier alpha value is -3.53. The Morgan fingerprint density at radius 2 is 1.84 bits per heavy atom. The van der Waals surface area contributed by atoms with Gasteiger partial charge in [0.15, 0.2) is 12.4 Å². The summed E-state index contributed by atoms with van der Waals surface area (Å²) in [6.07, 6.45) is 0. The first-order valence-electron chi connectivity index (χ1n) is 10.1. The van der Waals surface area contributed by atoms with Crippen molar-refractivity contribution >= 4 is 17.6 Å². The molecule has 1 amide bonds. The van der Waals surface area contributed by atoms with Crippen LogP contribution in [0.25, 0.3) is 0 Å². The van der Waals surface area contributed by atoms with Crippen LogP contribution in [-0.2, 0) is 11.3 Å². The quantitative estimate of drug-likeness (QED) is 0.515. The van der Waals surface area contributed by atoms with Gasteiger partial charge in [-0.05, 0) is 43.7 Å². The Labute approximate surface area is 184 Å². The van der Waals surface area contributed by atoms with E-state index in [4.69, 9.17) is 9.84 Å². The van der Waals surface area contributed by atoms with Crippen LogP contribution >= 0.6 is 0 Å². The minimum atomic E-state index is -1.45. The van der Waals surface area contributed by atoms with Gasteiger partial charge in [-0.25, -0.2) is 9.18 Å². The zero-order chi connectivity index (χ0) is 23.4. The number of nitro benzene ring substituents is 1. The van der Waals surface area contributed by atoms with Crippen LogP contribution in [-0.4, -0.2) is 63.5 Å². The molecule has 2 atom stereocenters. The minimum Gasteiger partial charge on any atom is -0.477 e. The lowest BCUT2D eigenvalue weighted by atomic mass is 10.1. The highest BCUT2D eigenvalue weighted by Gasteiger charge is 2.33. The number of hydrogen-bond donors (Lipinski definition) is 1. The fourth-order valence-corrected chi connectivity index (χ4v) is 3.81. The molecule has 1 fully saturated rings. The number of piperazine rings is 1. The second-order valence-electron chi connectivity index (χ2n) is 7.80. The van der Waals surface area contributed by atoms with E-state index in [1.54, 1.807) is 17.0 Å². The third-order valence-electron chi connectivity index (χ3n) is 5.50. The third-order valence-corrected chi connectivity index (χ3v) is 5.50. The monoisotopic (exact) mass is 445 g/mol. The SMILES string of the molecule is CC1CN(C(=O)COc2cccc(C(=O)O)c2[N+](=O)[O-])C(C)CN1Cc1ccc(F)cc1. The lowest BCUT2D eigenvalue weighted by Crippen LogP contribution is -2.58. The third kappa shape index (κ3) is 5.20. The van der Waals surface area contributed by atoms with Crippen LogP contribution in [0.3, 0.4) is 0 Å². The van der Waals surface area contributed by atoms with Gasteiger partial charge < -0.3 is 14.7 Å². The summed E-state index contributed by atoms with van der Waals surface area (Å²) in [7, 11) is 0. The van der Waals surface area contributed by atoms with Crippen LogP contribution in [0.1, 0.15) is 29.8 Å². The number of carboxylic acid groups (broad SMARTS) is 1. The van der Waals surface area contributed by atoms with E-state index in [1.807, 2.05) is 13.8 Å². The Morgan fingerprint density at radius 1 is 1.16 bits per heavy atom. The zero-order valence-corrected chi connectivity index (χ0v) is 17.7. The van der Waals surface area contributed by atoms with Crippen molar-refractivity contribution in [3.8, 4) is 5.75 Å². The van der Waals surface area contributed by atoms with Gasteiger partial charge >= 0.3 is 11.7 Å². The number of nitrogens with zero attached hydrogens (tertiary/aromatic N) is 3. The first-order valence-corrected chi connectivity index (χ1v) is 10.1. The first kappa shape index (κ1) is 23.1. The molecule has 10 heteroatoms. The molecule has 3 rings (SSSR count). The highest BCUT2D eigenvalue weighted by molar-refractivity contribution is 5.93. The maximum Gasteiger partial charge on any atom is 0.342 e. The van der Waals surface area contributed by atoms with Gasteiger partial charge in [0.1, 0.15) is 11.4 Å². The number of carbonyl (C=O) groups excluding carboxylic acids is 1. The van der Waals surface area contributed by atoms with Crippen molar-refractivity contribution in [1.82, 2.24) is 9.80 Å². The molecule has 2 aromatic carbocycles. The van der Waals surface area contributed by atoms with Crippen LogP contribution in [0.5, 0.6) is 5.75 Å². The van der Waals surface area contributed by atoms with Gasteiger partial charge in [0, 0.05) is 31.7 Å². The topological polar surface area (TPSA) is 113 Å². The molecule has 0 radical (unpaired) electrons. The fraction of sp³-hybridized carbons (Fsp3) is 0.364. The van der Waals surface area contributed by atoms with E-state index in [-0.39, 0.29) is 29.6 Å². The first-order chi connectivity index (χ1) is 15.2. The molecule has 0 aromatic heterocycles. The summed E-state index contributed by atoms with van der Waals surface area (Å²) in [5, 5.41) is 20.5. The molecular weight excluding hydrogens is 421 g/mol. The summed E-state index contributed by atoms with van der Waals surface area (Å²) in [4.78, 5) is 38.4. The molecule has 2 aromatic rings. The van der Waals surface area contributed by atoms with Crippen LogP contribution in [0.15, 0.2) is 42.5 Å². The van der Waals surface area contributed by atoms with E-state index in [9.17, 15) is 24.1 Å². The number of rotatable bonds is 7. The fourth-order valence-electron chi connectivity index (χ4n) is 3.81. The highest BCUT2D eigenvalue weighted by Crippen LogP contribution is 2.31. The molecular formula is C22H24FN3O6. The molecule has 1 aliphatic rings. The van der Waals surface area contributed by atoms with Gasteiger partial charge in [-0.1, -0.05) is 18.2 Å². The number of carbonyl (C=O) groups is 2. The van der Waals surface area contributed by atoms with Gasteiger partial charge in [-0.2, -0.15) is 0 Å².